The van der Waals surface area contributed by atoms with E-state index in [2.05, 4.69) is 15.3 Å². The van der Waals surface area contributed by atoms with Crippen LogP contribution in [0.25, 0.3) is 5.69 Å². The first-order chi connectivity index (χ1) is 14.6. The van der Waals surface area contributed by atoms with Crippen LogP contribution in [-0.2, 0) is 4.79 Å². The number of piperidine rings is 1. The fourth-order valence-corrected chi connectivity index (χ4v) is 4.42. The summed E-state index contributed by atoms with van der Waals surface area (Å²) in [7, 11) is 1.61. The van der Waals surface area contributed by atoms with Crippen LogP contribution < -0.4 is 20.5 Å². The summed E-state index contributed by atoms with van der Waals surface area (Å²) in [6, 6.07) is 10.9. The molecule has 2 aliphatic rings. The Labute approximate surface area is 177 Å². The third-order valence-electron chi connectivity index (χ3n) is 6.24. The van der Waals surface area contributed by atoms with Crippen LogP contribution in [-0.4, -0.2) is 41.9 Å². The second-order valence-electron chi connectivity index (χ2n) is 8.24. The highest BCUT2D eigenvalue weighted by Gasteiger charge is 2.27. The number of anilines is 1. The molecule has 2 heterocycles. The molecule has 0 atom stereocenters. The average Bonchev–Trinajstić information content (AvgIpc) is 2.80. The highest BCUT2D eigenvalue weighted by Crippen LogP contribution is 2.24. The Morgan fingerprint density at radius 2 is 1.70 bits per heavy atom. The normalized spacial score (nSPS) is 18.2. The molecule has 0 bridgehead atoms. The van der Waals surface area contributed by atoms with Gasteiger partial charge in [0.25, 0.3) is 5.56 Å². The number of carbonyl (C=O) groups is 1. The van der Waals surface area contributed by atoms with E-state index in [9.17, 15) is 9.59 Å². The Morgan fingerprint density at radius 3 is 2.37 bits per heavy atom. The van der Waals surface area contributed by atoms with Crippen molar-refractivity contribution in [3.63, 3.8) is 0 Å². The topological polar surface area (TPSA) is 76.5 Å². The van der Waals surface area contributed by atoms with Gasteiger partial charge in [-0.25, -0.2) is 0 Å². The lowest BCUT2D eigenvalue weighted by molar-refractivity contribution is -0.126. The lowest BCUT2D eigenvalue weighted by atomic mass is 9.92. The van der Waals surface area contributed by atoms with Gasteiger partial charge in [0.05, 0.1) is 12.8 Å². The smallest absolute Gasteiger partial charge is 0.271 e. The van der Waals surface area contributed by atoms with Gasteiger partial charge in [0.2, 0.25) is 5.91 Å². The number of nitrogens with one attached hydrogen (secondary N) is 1. The molecular formula is C23H30N4O3. The first kappa shape index (κ1) is 20.4. The Bertz CT molecular complexity index is 911. The van der Waals surface area contributed by atoms with E-state index in [1.54, 1.807) is 19.2 Å². The summed E-state index contributed by atoms with van der Waals surface area (Å²) in [5.74, 6) is 1.77. The van der Waals surface area contributed by atoms with Gasteiger partial charge in [0.1, 0.15) is 11.6 Å². The van der Waals surface area contributed by atoms with Crippen molar-refractivity contribution in [1.82, 2.24) is 15.1 Å². The fourth-order valence-electron chi connectivity index (χ4n) is 4.42. The summed E-state index contributed by atoms with van der Waals surface area (Å²) in [4.78, 5) is 27.1. The first-order valence-corrected chi connectivity index (χ1v) is 10.9. The van der Waals surface area contributed by atoms with E-state index in [0.717, 1.165) is 50.3 Å². The maximum Gasteiger partial charge on any atom is 0.271 e. The number of hydrogen-bond acceptors (Lipinski definition) is 5. The molecule has 0 unspecified atom stereocenters. The molecule has 2 fully saturated rings. The standard InChI is InChI=1S/C23H30N4O3/c1-30-20-9-7-19(8-10-20)27-22(28)12-11-21(25-27)26-15-13-17(14-16-26)23(29)24-18-5-3-2-4-6-18/h7-12,17-18H,2-6,13-16H2,1H3,(H,24,29). The van der Waals surface area contributed by atoms with Crippen LogP contribution in [0.1, 0.15) is 44.9 Å². The molecular weight excluding hydrogens is 380 g/mol. The molecule has 1 saturated heterocycles. The molecule has 0 spiro atoms. The molecule has 1 aromatic heterocycles. The van der Waals surface area contributed by atoms with Crippen LogP contribution in [0.4, 0.5) is 5.82 Å². The third-order valence-corrected chi connectivity index (χ3v) is 6.24. The number of benzene rings is 1. The van der Waals surface area contributed by atoms with Crippen molar-refractivity contribution in [2.75, 3.05) is 25.1 Å². The molecule has 1 aromatic carbocycles. The zero-order valence-electron chi connectivity index (χ0n) is 17.5. The van der Waals surface area contributed by atoms with E-state index in [1.165, 1.54) is 23.9 Å². The van der Waals surface area contributed by atoms with Gasteiger partial charge < -0.3 is 15.0 Å². The van der Waals surface area contributed by atoms with E-state index < -0.39 is 0 Å². The summed E-state index contributed by atoms with van der Waals surface area (Å²) < 4.78 is 6.60. The van der Waals surface area contributed by atoms with Gasteiger partial charge in [-0.1, -0.05) is 19.3 Å². The number of nitrogens with zero attached hydrogens (tertiary/aromatic N) is 3. The number of methoxy groups -OCH3 is 1. The Balaban J connectivity index is 1.39. The van der Waals surface area contributed by atoms with Crippen LogP contribution in [0.5, 0.6) is 5.75 Å². The fraction of sp³-hybridized carbons (Fsp3) is 0.522. The lowest BCUT2D eigenvalue weighted by Crippen LogP contribution is -2.44. The van der Waals surface area contributed by atoms with Gasteiger partial charge in [-0.3, -0.25) is 9.59 Å². The summed E-state index contributed by atoms with van der Waals surface area (Å²) in [5, 5.41) is 7.84. The minimum Gasteiger partial charge on any atom is -0.497 e. The average molecular weight is 411 g/mol. The van der Waals surface area contributed by atoms with Crippen LogP contribution in [0.2, 0.25) is 0 Å². The number of amides is 1. The quantitative estimate of drug-likeness (QED) is 0.820. The van der Waals surface area contributed by atoms with Crippen LogP contribution in [0.15, 0.2) is 41.2 Å². The predicted octanol–water partition coefficient (Wildman–Crippen LogP) is 2.91. The molecule has 2 aromatic rings. The largest absolute Gasteiger partial charge is 0.497 e. The number of aromatic nitrogens is 2. The minimum atomic E-state index is -0.175. The summed E-state index contributed by atoms with van der Waals surface area (Å²) in [5.41, 5.74) is 0.523. The van der Waals surface area contributed by atoms with Gasteiger partial charge in [-0.2, -0.15) is 4.68 Å². The molecule has 1 saturated carbocycles. The molecule has 7 nitrogen and oxygen atoms in total. The van der Waals surface area contributed by atoms with Crippen LogP contribution >= 0.6 is 0 Å². The van der Waals surface area contributed by atoms with E-state index in [1.807, 2.05) is 24.3 Å². The molecule has 0 radical (unpaired) electrons. The zero-order valence-corrected chi connectivity index (χ0v) is 17.5. The van der Waals surface area contributed by atoms with Crippen molar-refractivity contribution in [3.05, 3.63) is 46.8 Å². The summed E-state index contributed by atoms with van der Waals surface area (Å²) in [6.07, 6.45) is 7.57. The van der Waals surface area contributed by atoms with Crippen LogP contribution in [0.3, 0.4) is 0 Å². The van der Waals surface area contributed by atoms with Gasteiger partial charge in [-0.05, 0) is 56.0 Å². The molecule has 1 aliphatic heterocycles. The zero-order chi connectivity index (χ0) is 20.9. The SMILES string of the molecule is COc1ccc(-n2nc(N3CCC(C(=O)NC4CCCCC4)CC3)ccc2=O)cc1. The third kappa shape index (κ3) is 4.66. The molecule has 1 aliphatic carbocycles. The Kier molecular flexibility index (Phi) is 6.35. The molecule has 1 amide bonds. The number of hydrogen-bond donors (Lipinski definition) is 1. The monoisotopic (exact) mass is 410 g/mol. The Hall–Kier alpha value is -2.83. The summed E-state index contributed by atoms with van der Waals surface area (Å²) in [6.45, 7) is 1.52. The molecule has 30 heavy (non-hydrogen) atoms. The highest BCUT2D eigenvalue weighted by molar-refractivity contribution is 5.79. The second-order valence-corrected chi connectivity index (χ2v) is 8.24. The molecule has 7 heteroatoms. The van der Waals surface area contributed by atoms with E-state index in [4.69, 9.17) is 4.74 Å². The van der Waals surface area contributed by atoms with E-state index >= 15 is 0 Å². The maximum atomic E-state index is 12.6. The van der Waals surface area contributed by atoms with Gasteiger partial charge >= 0.3 is 0 Å². The number of ether oxygens (including phenoxy) is 1. The van der Waals surface area contributed by atoms with Gasteiger partial charge in [0.15, 0.2) is 0 Å². The van der Waals surface area contributed by atoms with Crippen molar-refractivity contribution in [2.24, 2.45) is 5.92 Å². The minimum absolute atomic E-state index is 0.0654. The molecule has 1 N–H and O–H groups in total. The van der Waals surface area contributed by atoms with Crippen molar-refractivity contribution in [3.8, 4) is 11.4 Å². The van der Waals surface area contributed by atoms with Crippen molar-refractivity contribution in [2.45, 2.75) is 51.0 Å². The van der Waals surface area contributed by atoms with Crippen molar-refractivity contribution in [1.29, 1.82) is 0 Å². The van der Waals surface area contributed by atoms with Gasteiger partial charge in [-0.15, -0.1) is 5.10 Å². The second kappa shape index (κ2) is 9.32. The predicted molar refractivity (Wildman–Crippen MR) is 116 cm³/mol. The first-order valence-electron chi connectivity index (χ1n) is 10.9. The van der Waals surface area contributed by atoms with Gasteiger partial charge in [0, 0.05) is 31.1 Å². The number of rotatable bonds is 5. The Morgan fingerprint density at radius 1 is 1.00 bits per heavy atom. The highest BCUT2D eigenvalue weighted by atomic mass is 16.5. The van der Waals surface area contributed by atoms with Crippen LogP contribution in [0, 0.1) is 5.92 Å². The van der Waals surface area contributed by atoms with Crippen molar-refractivity contribution < 1.29 is 9.53 Å². The maximum absolute atomic E-state index is 12.6. The molecule has 4 rings (SSSR count). The number of carbonyl (C=O) groups excluding carboxylic acids is 1. The van der Waals surface area contributed by atoms with Crippen molar-refractivity contribution >= 4 is 11.7 Å². The lowest BCUT2D eigenvalue weighted by Gasteiger charge is -2.33. The van der Waals surface area contributed by atoms with E-state index in [0.29, 0.717) is 11.7 Å². The van der Waals surface area contributed by atoms with E-state index in [-0.39, 0.29) is 17.4 Å². The molecule has 160 valence electrons. The summed E-state index contributed by atoms with van der Waals surface area (Å²) >= 11 is 0.